The van der Waals surface area contributed by atoms with E-state index >= 15 is 0 Å². The molecule has 1 aromatic heterocycles. The van der Waals surface area contributed by atoms with Crippen molar-refractivity contribution in [1.82, 2.24) is 9.78 Å². The van der Waals surface area contributed by atoms with Gasteiger partial charge in [-0.3, -0.25) is 9.59 Å². The molecule has 0 amide bonds. The van der Waals surface area contributed by atoms with Gasteiger partial charge in [0, 0.05) is 17.8 Å². The fraction of sp³-hybridized carbons (Fsp3) is 0.150. The summed E-state index contributed by atoms with van der Waals surface area (Å²) in [6.45, 7) is 3.41. The molecule has 9 heteroatoms. The van der Waals surface area contributed by atoms with E-state index in [-0.39, 0.29) is 21.9 Å². The lowest BCUT2D eigenvalue weighted by molar-refractivity contribution is 0.101. The van der Waals surface area contributed by atoms with Crippen LogP contribution in [0.2, 0.25) is 0 Å². The van der Waals surface area contributed by atoms with Crippen molar-refractivity contribution in [3.63, 3.8) is 0 Å². The van der Waals surface area contributed by atoms with E-state index in [9.17, 15) is 18.0 Å². The molecular weight excluding hydrogens is 392 g/mol. The molecule has 0 radical (unpaired) electrons. The number of benzene rings is 2. The molecular formula is C20H20N4O4S. The van der Waals surface area contributed by atoms with E-state index in [1.165, 1.54) is 29.8 Å². The Morgan fingerprint density at radius 3 is 2.41 bits per heavy atom. The molecule has 3 N–H and O–H groups in total. The van der Waals surface area contributed by atoms with Gasteiger partial charge in [0.1, 0.15) is 11.4 Å². The second-order valence-corrected chi connectivity index (χ2v) is 7.90. The summed E-state index contributed by atoms with van der Waals surface area (Å²) in [5.41, 5.74) is 1.03. The molecule has 1 heterocycles. The number of hydrogen-bond acceptors (Lipinski definition) is 6. The van der Waals surface area contributed by atoms with E-state index in [4.69, 9.17) is 5.14 Å². The van der Waals surface area contributed by atoms with E-state index in [1.807, 2.05) is 18.2 Å². The highest BCUT2D eigenvalue weighted by molar-refractivity contribution is 7.89. The van der Waals surface area contributed by atoms with Crippen LogP contribution in [0.25, 0.3) is 11.3 Å². The summed E-state index contributed by atoms with van der Waals surface area (Å²) >= 11 is 0. The first-order chi connectivity index (χ1) is 13.7. The second-order valence-electron chi connectivity index (χ2n) is 6.34. The van der Waals surface area contributed by atoms with Crippen molar-refractivity contribution in [3.8, 4) is 11.3 Å². The van der Waals surface area contributed by atoms with Crippen LogP contribution in [0.5, 0.6) is 0 Å². The summed E-state index contributed by atoms with van der Waals surface area (Å²) in [4.78, 5) is 25.3. The lowest BCUT2D eigenvalue weighted by Crippen LogP contribution is -2.28. The Labute approximate surface area is 168 Å². The van der Waals surface area contributed by atoms with Crippen LogP contribution in [0.4, 0.5) is 11.4 Å². The predicted octanol–water partition coefficient (Wildman–Crippen LogP) is 2.52. The Balaban J connectivity index is 2.26. The fourth-order valence-electron chi connectivity index (χ4n) is 2.94. The molecule has 0 spiro atoms. The van der Waals surface area contributed by atoms with E-state index in [2.05, 4.69) is 10.4 Å². The van der Waals surface area contributed by atoms with Gasteiger partial charge in [-0.1, -0.05) is 36.4 Å². The third-order valence-corrected chi connectivity index (χ3v) is 5.20. The highest BCUT2D eigenvalue weighted by atomic mass is 32.2. The van der Waals surface area contributed by atoms with E-state index < -0.39 is 15.6 Å². The number of hydrogen-bond donors (Lipinski definition) is 2. The van der Waals surface area contributed by atoms with Crippen LogP contribution in [0, 0.1) is 0 Å². The van der Waals surface area contributed by atoms with Gasteiger partial charge in [-0.05, 0) is 32.0 Å². The van der Waals surface area contributed by atoms with Crippen molar-refractivity contribution in [2.24, 2.45) is 5.14 Å². The number of sulfonamides is 1. The molecule has 29 heavy (non-hydrogen) atoms. The van der Waals surface area contributed by atoms with Gasteiger partial charge >= 0.3 is 0 Å². The highest BCUT2D eigenvalue weighted by Gasteiger charge is 2.22. The van der Waals surface area contributed by atoms with Gasteiger partial charge in [0.25, 0.3) is 5.56 Å². The Morgan fingerprint density at radius 2 is 1.83 bits per heavy atom. The summed E-state index contributed by atoms with van der Waals surface area (Å²) < 4.78 is 24.5. The maximum atomic E-state index is 12.9. The number of carbonyl (C=O) groups is 1. The number of anilines is 2. The van der Waals surface area contributed by atoms with Crippen molar-refractivity contribution in [3.05, 3.63) is 70.5 Å². The molecule has 0 unspecified atom stereocenters. The number of aryl methyl sites for hydroxylation is 1. The van der Waals surface area contributed by atoms with Crippen molar-refractivity contribution >= 4 is 27.2 Å². The highest BCUT2D eigenvalue weighted by Crippen LogP contribution is 2.28. The summed E-state index contributed by atoms with van der Waals surface area (Å²) in [6.07, 6.45) is 0. The quantitative estimate of drug-likeness (QED) is 0.600. The van der Waals surface area contributed by atoms with Gasteiger partial charge in [-0.15, -0.1) is 0 Å². The third-order valence-electron chi connectivity index (χ3n) is 4.29. The van der Waals surface area contributed by atoms with Crippen LogP contribution >= 0.6 is 0 Å². The maximum absolute atomic E-state index is 12.9. The normalized spacial score (nSPS) is 11.3. The Bertz CT molecular complexity index is 1240. The minimum atomic E-state index is -3.92. The number of rotatable bonds is 6. The monoisotopic (exact) mass is 412 g/mol. The average Bonchev–Trinajstić information content (AvgIpc) is 2.69. The van der Waals surface area contributed by atoms with E-state index in [1.54, 1.807) is 25.1 Å². The van der Waals surface area contributed by atoms with Crippen molar-refractivity contribution < 1.29 is 13.2 Å². The molecule has 0 fully saturated rings. The first-order valence-corrected chi connectivity index (χ1v) is 10.4. The number of aromatic nitrogens is 2. The zero-order valence-electron chi connectivity index (χ0n) is 15.9. The summed E-state index contributed by atoms with van der Waals surface area (Å²) in [5, 5.41) is 12.5. The van der Waals surface area contributed by atoms with E-state index in [0.29, 0.717) is 23.5 Å². The number of primary sulfonamides is 1. The zero-order valence-corrected chi connectivity index (χ0v) is 16.7. The molecule has 0 aliphatic carbocycles. The van der Waals surface area contributed by atoms with Crippen LogP contribution in [-0.2, 0) is 16.6 Å². The first kappa shape index (κ1) is 20.4. The molecule has 150 valence electrons. The van der Waals surface area contributed by atoms with Gasteiger partial charge in [-0.25, -0.2) is 18.2 Å². The fourth-order valence-corrected chi connectivity index (χ4v) is 3.50. The number of nitrogens with one attached hydrogen (secondary N) is 1. The Morgan fingerprint density at radius 1 is 1.14 bits per heavy atom. The summed E-state index contributed by atoms with van der Waals surface area (Å²) in [5.74, 6) is -0.346. The number of Topliss-reactive ketones (excluding diaryl/α,β-unsaturated/α-hetero) is 1. The van der Waals surface area contributed by atoms with Crippen LogP contribution in [0.1, 0.15) is 24.2 Å². The van der Waals surface area contributed by atoms with Gasteiger partial charge in [0.15, 0.2) is 5.78 Å². The van der Waals surface area contributed by atoms with Crippen LogP contribution in [0.3, 0.4) is 0 Å². The smallest absolute Gasteiger partial charge is 0.291 e. The molecule has 0 aliphatic rings. The van der Waals surface area contributed by atoms with Crippen LogP contribution in [-0.4, -0.2) is 24.0 Å². The third kappa shape index (κ3) is 4.25. The van der Waals surface area contributed by atoms with Crippen LogP contribution < -0.4 is 16.0 Å². The number of carbonyl (C=O) groups excluding carboxylic acids is 1. The predicted molar refractivity (Wildman–Crippen MR) is 111 cm³/mol. The molecule has 0 aliphatic heterocycles. The maximum Gasteiger partial charge on any atom is 0.291 e. The molecule has 3 rings (SSSR count). The van der Waals surface area contributed by atoms with Crippen molar-refractivity contribution in [2.45, 2.75) is 25.3 Å². The Kier molecular flexibility index (Phi) is 5.62. The van der Waals surface area contributed by atoms with Gasteiger partial charge < -0.3 is 5.32 Å². The average molecular weight is 412 g/mol. The van der Waals surface area contributed by atoms with Gasteiger partial charge in [0.2, 0.25) is 10.0 Å². The van der Waals surface area contributed by atoms with Gasteiger partial charge in [0.05, 0.1) is 10.5 Å². The van der Waals surface area contributed by atoms with Gasteiger partial charge in [-0.2, -0.15) is 5.10 Å². The molecule has 0 bridgehead atoms. The molecule has 2 aromatic carbocycles. The number of nitrogens with zero attached hydrogens (tertiary/aromatic N) is 2. The molecule has 0 saturated heterocycles. The number of nitrogens with two attached hydrogens (primary N) is 1. The molecule has 0 atom stereocenters. The topological polar surface area (TPSA) is 124 Å². The largest absolute Gasteiger partial charge is 0.350 e. The second kappa shape index (κ2) is 7.98. The minimum Gasteiger partial charge on any atom is -0.350 e. The van der Waals surface area contributed by atoms with Crippen molar-refractivity contribution in [2.75, 3.05) is 5.32 Å². The van der Waals surface area contributed by atoms with E-state index in [0.717, 1.165) is 0 Å². The number of ketones is 1. The SMILES string of the molecule is CCn1nc(-c2ccccc2)c(C(C)=O)c(Nc2cccc(S(N)(=O)=O)c2)c1=O. The molecule has 8 nitrogen and oxygen atoms in total. The standard InChI is InChI=1S/C20H20N4O4S/c1-3-24-20(26)19(22-15-10-7-11-16(12-15)29(21,27)28)17(13(2)25)18(23-24)14-8-5-4-6-9-14/h4-12,22H,3H2,1-2H3,(H2,21,27,28). The zero-order chi connectivity index (χ0) is 21.2. The first-order valence-electron chi connectivity index (χ1n) is 8.83. The Hall–Kier alpha value is -3.30. The summed E-state index contributed by atoms with van der Waals surface area (Å²) in [7, 11) is -3.92. The summed E-state index contributed by atoms with van der Waals surface area (Å²) in [6, 6.07) is 14.8. The molecule has 3 aromatic rings. The van der Waals surface area contributed by atoms with Crippen molar-refractivity contribution in [1.29, 1.82) is 0 Å². The molecule has 0 saturated carbocycles. The van der Waals surface area contributed by atoms with Crippen LogP contribution in [0.15, 0.2) is 64.3 Å². The lowest BCUT2D eigenvalue weighted by Gasteiger charge is -2.16. The lowest BCUT2D eigenvalue weighted by atomic mass is 10.0. The minimum absolute atomic E-state index is 0.0276.